The number of nitrogens with one attached hydrogen (secondary N) is 2. The number of carbonyl (C=O) groups excluding carboxylic acids is 3. The van der Waals surface area contributed by atoms with E-state index < -0.39 is 23.8 Å². The molecule has 216 valence electrons. The van der Waals surface area contributed by atoms with E-state index >= 15 is 0 Å². The molecule has 2 aromatic rings. The molecule has 1 fully saturated rings. The molecule has 0 radical (unpaired) electrons. The number of benzene rings is 2. The van der Waals surface area contributed by atoms with Gasteiger partial charge in [-0.2, -0.15) is 0 Å². The third kappa shape index (κ3) is 7.52. The number of nitrogens with zero attached hydrogens (tertiary/aromatic N) is 1. The second-order valence-corrected chi connectivity index (χ2v) is 12.1. The van der Waals surface area contributed by atoms with Gasteiger partial charge >= 0.3 is 6.09 Å². The van der Waals surface area contributed by atoms with Crippen molar-refractivity contribution in [2.24, 2.45) is 11.8 Å². The summed E-state index contributed by atoms with van der Waals surface area (Å²) in [4.78, 5) is 43.3. The first kappa shape index (κ1) is 30.9. The molecule has 0 heterocycles. The minimum Gasteiger partial charge on any atom is -0.444 e. The summed E-state index contributed by atoms with van der Waals surface area (Å²) in [6, 6.07) is 11.5. The van der Waals surface area contributed by atoms with Crippen LogP contribution in [-0.2, 0) is 14.3 Å². The summed E-state index contributed by atoms with van der Waals surface area (Å²) in [5, 5.41) is 5.97. The Morgan fingerprint density at radius 3 is 2.25 bits per heavy atom. The molecule has 0 aliphatic heterocycles. The normalized spacial score (nSPS) is 18.6. The monoisotopic (exact) mass is 547 g/mol. The van der Waals surface area contributed by atoms with Crippen LogP contribution in [0.4, 0.5) is 10.5 Å². The molecule has 40 heavy (non-hydrogen) atoms. The van der Waals surface area contributed by atoms with Gasteiger partial charge in [-0.05, 0) is 81.2 Å². The van der Waals surface area contributed by atoms with Gasteiger partial charge in [0.25, 0.3) is 5.91 Å². The van der Waals surface area contributed by atoms with Crippen molar-refractivity contribution < 1.29 is 19.1 Å². The zero-order valence-corrected chi connectivity index (χ0v) is 25.2. The average Bonchev–Trinajstić information content (AvgIpc) is 3.61. The summed E-state index contributed by atoms with van der Waals surface area (Å²) >= 11 is 0. The van der Waals surface area contributed by atoms with Crippen molar-refractivity contribution in [1.82, 2.24) is 10.2 Å². The molecule has 2 aromatic carbocycles. The summed E-state index contributed by atoms with van der Waals surface area (Å²) in [5.41, 5.74) is 3.44. The minimum atomic E-state index is -0.909. The lowest BCUT2D eigenvalue weighted by atomic mass is 9.95. The zero-order chi connectivity index (χ0) is 29.8. The van der Waals surface area contributed by atoms with Crippen molar-refractivity contribution in [3.8, 4) is 0 Å². The molecule has 0 saturated heterocycles. The van der Waals surface area contributed by atoms with E-state index in [4.69, 9.17) is 4.74 Å². The smallest absolute Gasteiger partial charge is 0.408 e. The summed E-state index contributed by atoms with van der Waals surface area (Å²) < 4.78 is 5.51. The fourth-order valence-electron chi connectivity index (χ4n) is 4.95. The molecule has 5 unspecified atom stereocenters. The van der Waals surface area contributed by atoms with Gasteiger partial charge in [-0.25, -0.2) is 4.79 Å². The minimum absolute atomic E-state index is 0.138. The molecule has 3 rings (SSSR count). The van der Waals surface area contributed by atoms with Crippen molar-refractivity contribution in [3.05, 3.63) is 71.3 Å². The Kier molecular flexibility index (Phi) is 9.82. The number of anilines is 1. The molecule has 5 atom stereocenters. The van der Waals surface area contributed by atoms with E-state index in [1.54, 1.807) is 31.7 Å². The highest BCUT2D eigenvalue weighted by atomic mass is 16.6. The Hall–Kier alpha value is -3.61. The summed E-state index contributed by atoms with van der Waals surface area (Å²) in [5.74, 6) is -0.550. The molecule has 1 aliphatic carbocycles. The van der Waals surface area contributed by atoms with Gasteiger partial charge in [0.05, 0.1) is 0 Å². The largest absolute Gasteiger partial charge is 0.444 e. The second-order valence-electron chi connectivity index (χ2n) is 12.1. The van der Waals surface area contributed by atoms with Crippen LogP contribution in [0, 0.1) is 25.7 Å². The van der Waals surface area contributed by atoms with Crippen LogP contribution in [0.5, 0.6) is 0 Å². The Labute approximate surface area is 239 Å². The van der Waals surface area contributed by atoms with Gasteiger partial charge < -0.3 is 20.3 Å². The first-order valence-electron chi connectivity index (χ1n) is 14.2. The van der Waals surface area contributed by atoms with Gasteiger partial charge in [-0.1, -0.05) is 76.2 Å². The molecular formula is C33H45N3O4. The first-order chi connectivity index (χ1) is 18.8. The summed E-state index contributed by atoms with van der Waals surface area (Å²) in [7, 11) is 0. The molecule has 1 aliphatic rings. The maximum absolute atomic E-state index is 14.5. The van der Waals surface area contributed by atoms with Crippen LogP contribution in [0.15, 0.2) is 49.0 Å². The standard InChI is InChI=1S/C33H45N3O4/c1-10-20(3)28(35-32(39)40-33(7,8)9)31(38)36(26-18-23(26)6)29(25-17-13-16-24(11-2)19-25)30(37)34-27-21(4)14-12-15-22(27)5/h11-17,19-20,23,26,28-29H,2,10,18H2,1,3-9H3,(H,34,37)(H,35,39). The van der Waals surface area contributed by atoms with E-state index in [-0.39, 0.29) is 29.7 Å². The van der Waals surface area contributed by atoms with Gasteiger partial charge in [0, 0.05) is 11.7 Å². The van der Waals surface area contributed by atoms with Crippen LogP contribution in [-0.4, -0.2) is 40.5 Å². The second kappa shape index (κ2) is 12.7. The van der Waals surface area contributed by atoms with Crippen molar-refractivity contribution in [1.29, 1.82) is 0 Å². The highest BCUT2D eigenvalue weighted by Gasteiger charge is 2.49. The first-order valence-corrected chi connectivity index (χ1v) is 14.2. The van der Waals surface area contributed by atoms with Crippen LogP contribution >= 0.6 is 0 Å². The molecule has 7 heteroatoms. The number of alkyl carbamates (subject to hydrolysis) is 1. The quantitative estimate of drug-likeness (QED) is 0.342. The van der Waals surface area contributed by atoms with Gasteiger partial charge in [-0.15, -0.1) is 0 Å². The zero-order valence-electron chi connectivity index (χ0n) is 25.2. The number of rotatable bonds is 10. The lowest BCUT2D eigenvalue weighted by Crippen LogP contribution is -2.55. The number of para-hydroxylation sites is 1. The Morgan fingerprint density at radius 2 is 1.73 bits per heavy atom. The number of hydrogen-bond donors (Lipinski definition) is 2. The van der Waals surface area contributed by atoms with Crippen molar-refractivity contribution in [2.45, 2.75) is 92.0 Å². The Balaban J connectivity index is 2.10. The highest BCUT2D eigenvalue weighted by Crippen LogP contribution is 2.42. The van der Waals surface area contributed by atoms with E-state index in [1.807, 2.05) is 70.2 Å². The fourth-order valence-corrected chi connectivity index (χ4v) is 4.95. The summed E-state index contributed by atoms with van der Waals surface area (Å²) in [6.07, 6.45) is 2.51. The van der Waals surface area contributed by atoms with Crippen LogP contribution in [0.1, 0.15) is 82.7 Å². The predicted molar refractivity (Wildman–Crippen MR) is 161 cm³/mol. The van der Waals surface area contributed by atoms with Gasteiger partial charge in [0.15, 0.2) is 0 Å². The van der Waals surface area contributed by atoms with E-state index in [1.165, 1.54) is 0 Å². The third-order valence-corrected chi connectivity index (χ3v) is 7.55. The lowest BCUT2D eigenvalue weighted by molar-refractivity contribution is -0.142. The Bertz CT molecular complexity index is 1230. The number of amides is 3. The molecule has 2 N–H and O–H groups in total. The molecular weight excluding hydrogens is 502 g/mol. The van der Waals surface area contributed by atoms with Crippen LogP contribution in [0.2, 0.25) is 0 Å². The maximum Gasteiger partial charge on any atom is 0.408 e. The fraction of sp³-hybridized carbons (Fsp3) is 0.485. The van der Waals surface area contributed by atoms with Gasteiger partial charge in [0.1, 0.15) is 17.7 Å². The van der Waals surface area contributed by atoms with Crippen LogP contribution < -0.4 is 10.6 Å². The van der Waals surface area contributed by atoms with E-state index in [0.29, 0.717) is 12.0 Å². The van der Waals surface area contributed by atoms with Crippen LogP contribution in [0.3, 0.4) is 0 Å². The Morgan fingerprint density at radius 1 is 1.12 bits per heavy atom. The number of ether oxygens (including phenoxy) is 1. The van der Waals surface area contributed by atoms with E-state index in [9.17, 15) is 14.4 Å². The number of hydrogen-bond acceptors (Lipinski definition) is 4. The van der Waals surface area contributed by atoms with Crippen molar-refractivity contribution >= 4 is 29.7 Å². The SMILES string of the molecule is C=Cc1cccc(C(C(=O)Nc2c(C)cccc2C)N(C(=O)C(NC(=O)OC(C)(C)C)C(C)CC)C2CC2C)c1. The van der Waals surface area contributed by atoms with Crippen LogP contribution in [0.25, 0.3) is 6.08 Å². The molecule has 1 saturated carbocycles. The van der Waals surface area contributed by atoms with Gasteiger partial charge in [0.2, 0.25) is 5.91 Å². The average molecular weight is 548 g/mol. The summed E-state index contributed by atoms with van der Waals surface area (Å²) in [6.45, 7) is 19.1. The van der Waals surface area contributed by atoms with E-state index in [0.717, 1.165) is 28.8 Å². The molecule has 7 nitrogen and oxygen atoms in total. The number of aryl methyl sites for hydroxylation is 2. The molecule has 0 aromatic heterocycles. The predicted octanol–water partition coefficient (Wildman–Crippen LogP) is 6.80. The maximum atomic E-state index is 14.5. The molecule has 0 bridgehead atoms. The lowest BCUT2D eigenvalue weighted by Gasteiger charge is -2.36. The van der Waals surface area contributed by atoms with E-state index in [2.05, 4.69) is 24.1 Å². The third-order valence-electron chi connectivity index (χ3n) is 7.55. The van der Waals surface area contributed by atoms with Gasteiger partial charge in [-0.3, -0.25) is 9.59 Å². The molecule has 3 amide bonds. The number of carbonyl (C=O) groups is 3. The van der Waals surface area contributed by atoms with Crippen molar-refractivity contribution in [3.63, 3.8) is 0 Å². The van der Waals surface area contributed by atoms with Crippen molar-refractivity contribution in [2.75, 3.05) is 5.32 Å². The molecule has 0 spiro atoms. The topological polar surface area (TPSA) is 87.7 Å². The highest BCUT2D eigenvalue weighted by molar-refractivity contribution is 6.00.